The van der Waals surface area contributed by atoms with Crippen LogP contribution in [0.2, 0.25) is 0 Å². The van der Waals surface area contributed by atoms with Crippen LogP contribution in [0.1, 0.15) is 44.9 Å². The molecule has 176 valence electrons. The summed E-state index contributed by atoms with van der Waals surface area (Å²) in [4.78, 5) is 31.6. The number of benzene rings is 2. The fourth-order valence-electron chi connectivity index (χ4n) is 4.43. The molecule has 4 rings (SSSR count). The van der Waals surface area contributed by atoms with Crippen LogP contribution in [0.3, 0.4) is 0 Å². The maximum absolute atomic E-state index is 13.6. The lowest BCUT2D eigenvalue weighted by Crippen LogP contribution is -2.46. The summed E-state index contributed by atoms with van der Waals surface area (Å²) in [6, 6.07) is 17.4. The van der Waals surface area contributed by atoms with Crippen LogP contribution in [0.5, 0.6) is 5.75 Å². The van der Waals surface area contributed by atoms with Crippen LogP contribution in [0, 0.1) is 0 Å². The Labute approximate surface area is 205 Å². The topological polar surface area (TPSA) is 49.9 Å². The fourth-order valence-corrected chi connectivity index (χ4v) is 5.33. The quantitative estimate of drug-likeness (QED) is 0.426. The number of hydrogen-bond donors (Lipinski definition) is 0. The van der Waals surface area contributed by atoms with E-state index in [0.717, 1.165) is 29.7 Å². The van der Waals surface area contributed by atoms with E-state index in [0.29, 0.717) is 18.7 Å². The number of aryl methyl sites for hydroxylation is 1. The van der Waals surface area contributed by atoms with Gasteiger partial charge in [-0.25, -0.2) is 0 Å². The summed E-state index contributed by atoms with van der Waals surface area (Å²) in [5.74, 6) is 0.544. The summed E-state index contributed by atoms with van der Waals surface area (Å²) in [6.45, 7) is 6.81. The first-order valence-electron chi connectivity index (χ1n) is 11.5. The number of carbonyl (C=O) groups excluding carboxylic acids is 2. The number of ether oxygens (including phenoxy) is 1. The van der Waals surface area contributed by atoms with Crippen molar-refractivity contribution < 1.29 is 14.3 Å². The molecule has 1 aliphatic rings. The van der Waals surface area contributed by atoms with Crippen molar-refractivity contribution in [2.24, 2.45) is 0 Å². The van der Waals surface area contributed by atoms with Gasteiger partial charge in [-0.15, -0.1) is 17.9 Å². The average molecular weight is 475 g/mol. The Hall–Kier alpha value is -3.38. The number of carbonyl (C=O) groups is 2. The molecule has 1 aliphatic heterocycles. The van der Waals surface area contributed by atoms with Crippen LogP contribution in [-0.4, -0.2) is 48.4 Å². The number of thiophene rings is 1. The van der Waals surface area contributed by atoms with Crippen molar-refractivity contribution in [3.8, 4) is 5.75 Å². The second-order valence-corrected chi connectivity index (χ2v) is 9.34. The van der Waals surface area contributed by atoms with E-state index < -0.39 is 0 Å². The lowest BCUT2D eigenvalue weighted by atomic mass is 9.93. The number of rotatable bonds is 8. The van der Waals surface area contributed by atoms with Crippen LogP contribution in [0.25, 0.3) is 0 Å². The molecule has 1 atom stereocenters. The second-order valence-electron chi connectivity index (χ2n) is 8.34. The van der Waals surface area contributed by atoms with Crippen molar-refractivity contribution >= 4 is 23.2 Å². The summed E-state index contributed by atoms with van der Waals surface area (Å²) in [6.07, 6.45) is 3.40. The molecule has 0 fully saturated rings. The van der Waals surface area contributed by atoms with E-state index >= 15 is 0 Å². The van der Waals surface area contributed by atoms with Crippen molar-refractivity contribution in [3.05, 3.63) is 99.8 Å². The van der Waals surface area contributed by atoms with Crippen molar-refractivity contribution in [2.45, 2.75) is 25.8 Å². The van der Waals surface area contributed by atoms with E-state index in [4.69, 9.17) is 4.74 Å². The van der Waals surface area contributed by atoms with Gasteiger partial charge < -0.3 is 14.5 Å². The molecule has 0 radical (unpaired) electrons. The van der Waals surface area contributed by atoms with Crippen LogP contribution < -0.4 is 4.74 Å². The Morgan fingerprint density at radius 3 is 2.53 bits per heavy atom. The van der Waals surface area contributed by atoms with Gasteiger partial charge in [0, 0.05) is 23.5 Å². The molecule has 2 heterocycles. The van der Waals surface area contributed by atoms with Gasteiger partial charge in [0.05, 0.1) is 13.2 Å². The zero-order chi connectivity index (χ0) is 24.1. The molecule has 0 saturated carbocycles. The van der Waals surface area contributed by atoms with Gasteiger partial charge in [-0.2, -0.15) is 0 Å². The van der Waals surface area contributed by atoms with E-state index in [-0.39, 0.29) is 24.4 Å². The summed E-state index contributed by atoms with van der Waals surface area (Å²) in [7, 11) is 1.64. The summed E-state index contributed by atoms with van der Waals surface area (Å²) in [5.41, 5.74) is 3.94. The highest BCUT2D eigenvalue weighted by atomic mass is 32.1. The highest BCUT2D eigenvalue weighted by molar-refractivity contribution is 7.10. The zero-order valence-electron chi connectivity index (χ0n) is 19.7. The molecule has 2 amide bonds. The second kappa shape index (κ2) is 10.7. The molecule has 0 bridgehead atoms. The Kier molecular flexibility index (Phi) is 7.48. The summed E-state index contributed by atoms with van der Waals surface area (Å²) >= 11 is 1.73. The monoisotopic (exact) mass is 474 g/mol. The SMILES string of the molecule is C=CCN(CC(=O)N1CCc2sccc2C1c1ccc(OC)cc1)C(=O)c1ccc(CC)cc1. The van der Waals surface area contributed by atoms with E-state index in [1.54, 1.807) is 29.4 Å². The van der Waals surface area contributed by atoms with E-state index in [9.17, 15) is 9.59 Å². The minimum Gasteiger partial charge on any atom is -0.497 e. The highest BCUT2D eigenvalue weighted by Gasteiger charge is 2.34. The third-order valence-electron chi connectivity index (χ3n) is 6.29. The molecule has 3 aromatic rings. The number of nitrogens with zero attached hydrogens (tertiary/aromatic N) is 2. The summed E-state index contributed by atoms with van der Waals surface area (Å²) in [5, 5.41) is 2.09. The first-order valence-corrected chi connectivity index (χ1v) is 12.4. The van der Waals surface area contributed by atoms with Crippen LogP contribution in [-0.2, 0) is 17.6 Å². The van der Waals surface area contributed by atoms with Gasteiger partial charge in [-0.05, 0) is 65.2 Å². The maximum atomic E-state index is 13.6. The molecular formula is C28H30N2O3S. The minimum atomic E-state index is -0.182. The number of fused-ring (bicyclic) bond motifs is 1. The minimum absolute atomic E-state index is 0.00646. The highest BCUT2D eigenvalue weighted by Crippen LogP contribution is 2.38. The van der Waals surface area contributed by atoms with Gasteiger partial charge in [0.2, 0.25) is 5.91 Å². The van der Waals surface area contributed by atoms with E-state index in [2.05, 4.69) is 24.9 Å². The number of methoxy groups -OCH3 is 1. The Balaban J connectivity index is 1.59. The molecule has 0 N–H and O–H groups in total. The fraction of sp³-hybridized carbons (Fsp3) is 0.286. The predicted octanol–water partition coefficient (Wildman–Crippen LogP) is 5.12. The molecule has 0 saturated heterocycles. The first-order chi connectivity index (χ1) is 16.5. The maximum Gasteiger partial charge on any atom is 0.254 e. The Bertz CT molecular complexity index is 1150. The van der Waals surface area contributed by atoms with Crippen LogP contribution in [0.15, 0.2) is 72.6 Å². The molecule has 6 heteroatoms. The van der Waals surface area contributed by atoms with Crippen LogP contribution in [0.4, 0.5) is 0 Å². The molecule has 1 aromatic heterocycles. The van der Waals surface area contributed by atoms with Crippen molar-refractivity contribution in [1.82, 2.24) is 9.80 Å². The molecule has 1 unspecified atom stereocenters. The van der Waals surface area contributed by atoms with E-state index in [1.807, 2.05) is 53.4 Å². The van der Waals surface area contributed by atoms with Gasteiger partial charge in [0.25, 0.3) is 5.91 Å². The molecule has 0 spiro atoms. The van der Waals surface area contributed by atoms with Crippen LogP contribution >= 0.6 is 11.3 Å². The first kappa shape index (κ1) is 23.8. The van der Waals surface area contributed by atoms with Gasteiger partial charge in [0.15, 0.2) is 0 Å². The summed E-state index contributed by atoms with van der Waals surface area (Å²) < 4.78 is 5.32. The average Bonchev–Trinajstić information content (AvgIpc) is 3.36. The molecule has 0 aliphatic carbocycles. The van der Waals surface area contributed by atoms with Crippen molar-refractivity contribution in [2.75, 3.05) is 26.7 Å². The largest absolute Gasteiger partial charge is 0.497 e. The Morgan fingerprint density at radius 2 is 1.88 bits per heavy atom. The number of amides is 2. The lowest BCUT2D eigenvalue weighted by molar-refractivity contribution is -0.133. The predicted molar refractivity (Wildman–Crippen MR) is 136 cm³/mol. The lowest BCUT2D eigenvalue weighted by Gasteiger charge is -2.37. The Morgan fingerprint density at radius 1 is 1.15 bits per heavy atom. The molecule has 5 nitrogen and oxygen atoms in total. The van der Waals surface area contributed by atoms with Gasteiger partial charge in [0.1, 0.15) is 12.3 Å². The van der Waals surface area contributed by atoms with Crippen molar-refractivity contribution in [3.63, 3.8) is 0 Å². The van der Waals surface area contributed by atoms with Gasteiger partial charge >= 0.3 is 0 Å². The zero-order valence-corrected chi connectivity index (χ0v) is 20.5. The standard InChI is InChI=1S/C28H30N2O3S/c1-4-16-29(28(32)22-8-6-20(5-2)7-9-22)19-26(31)30-17-14-25-24(15-18-34-25)27(30)21-10-12-23(33-3)13-11-21/h4,6-13,15,18,27H,1,5,14,16-17,19H2,2-3H3. The smallest absolute Gasteiger partial charge is 0.254 e. The molecule has 2 aromatic carbocycles. The normalized spacial score (nSPS) is 14.9. The third-order valence-corrected chi connectivity index (χ3v) is 7.29. The van der Waals surface area contributed by atoms with Gasteiger partial charge in [-0.3, -0.25) is 9.59 Å². The number of hydrogen-bond acceptors (Lipinski definition) is 4. The molecule has 34 heavy (non-hydrogen) atoms. The van der Waals surface area contributed by atoms with Crippen molar-refractivity contribution in [1.29, 1.82) is 0 Å². The molecular weight excluding hydrogens is 444 g/mol. The van der Waals surface area contributed by atoms with E-state index in [1.165, 1.54) is 10.4 Å². The van der Waals surface area contributed by atoms with Gasteiger partial charge in [-0.1, -0.05) is 37.3 Å². The third kappa shape index (κ3) is 4.92.